The van der Waals surface area contributed by atoms with E-state index in [0.717, 1.165) is 10.6 Å². The Hall–Kier alpha value is -1.86. The molecule has 0 radical (unpaired) electrons. The van der Waals surface area contributed by atoms with E-state index in [1.54, 1.807) is 0 Å². The molecule has 3 N–H and O–H groups in total. The maximum Gasteiger partial charge on any atom is 0.328 e. The Morgan fingerprint density at radius 1 is 1.40 bits per heavy atom. The maximum atomic E-state index is 11.9. The molecule has 0 spiro atoms. The molecule has 6 nitrogen and oxygen atoms in total. The summed E-state index contributed by atoms with van der Waals surface area (Å²) >= 11 is 1.45. The normalized spacial score (nSPS) is 19.2. The van der Waals surface area contributed by atoms with Gasteiger partial charge in [-0.15, -0.1) is 11.8 Å². The number of hydrogen-bond acceptors (Lipinski definition) is 5. The summed E-state index contributed by atoms with van der Waals surface area (Å²) in [6.07, 6.45) is 0. The third-order valence-corrected chi connectivity index (χ3v) is 3.87. The smallest absolute Gasteiger partial charge is 0.328 e. The first-order chi connectivity index (χ1) is 9.61. The number of benzene rings is 1. The van der Waals surface area contributed by atoms with Crippen molar-refractivity contribution < 1.29 is 19.8 Å². The second kappa shape index (κ2) is 6.53. The Balaban J connectivity index is 2.03. The molecule has 0 aromatic heterocycles. The van der Waals surface area contributed by atoms with Gasteiger partial charge in [0.05, 0.1) is 11.7 Å². The number of carboxylic acids is 1. The lowest BCUT2D eigenvalue weighted by atomic mass is 10.2. The molecule has 7 heteroatoms. The Kier molecular flexibility index (Phi) is 4.75. The van der Waals surface area contributed by atoms with Gasteiger partial charge >= 0.3 is 5.97 Å². The van der Waals surface area contributed by atoms with Crippen LogP contribution >= 0.6 is 11.8 Å². The first-order valence-electron chi connectivity index (χ1n) is 6.02. The molecule has 1 aliphatic heterocycles. The van der Waals surface area contributed by atoms with Crippen LogP contribution in [-0.2, 0) is 9.59 Å². The van der Waals surface area contributed by atoms with Gasteiger partial charge in [0.15, 0.2) is 0 Å². The van der Waals surface area contributed by atoms with Gasteiger partial charge in [0.25, 0.3) is 0 Å². The molecule has 2 atom stereocenters. The fraction of sp³-hybridized carbons (Fsp3) is 0.308. The van der Waals surface area contributed by atoms with Crippen LogP contribution in [0, 0.1) is 0 Å². The van der Waals surface area contributed by atoms with Crippen LogP contribution in [0.4, 0.5) is 0 Å². The summed E-state index contributed by atoms with van der Waals surface area (Å²) < 4.78 is 0. The number of carboxylic acid groups (broad SMARTS) is 1. The van der Waals surface area contributed by atoms with Crippen LogP contribution in [0.1, 0.15) is 5.56 Å². The zero-order chi connectivity index (χ0) is 14.5. The van der Waals surface area contributed by atoms with E-state index in [1.165, 1.54) is 11.8 Å². The van der Waals surface area contributed by atoms with E-state index in [1.807, 2.05) is 30.3 Å². The number of carbonyl (C=O) groups is 2. The highest BCUT2D eigenvalue weighted by molar-refractivity contribution is 8.14. The minimum Gasteiger partial charge on any atom is -0.480 e. The van der Waals surface area contributed by atoms with Crippen molar-refractivity contribution in [3.05, 3.63) is 35.9 Å². The number of aliphatic imine (C=N–C) groups is 1. The van der Waals surface area contributed by atoms with E-state index in [9.17, 15) is 9.59 Å². The number of aliphatic hydroxyl groups excluding tert-OH is 1. The molecule has 1 heterocycles. The largest absolute Gasteiger partial charge is 0.480 e. The van der Waals surface area contributed by atoms with Crippen molar-refractivity contribution in [2.75, 3.05) is 12.4 Å². The molecule has 106 valence electrons. The molecule has 1 aliphatic rings. The molecule has 1 amide bonds. The molecule has 1 aromatic rings. The Bertz CT molecular complexity index is 532. The number of nitrogens with zero attached hydrogens (tertiary/aromatic N) is 1. The molecular weight excluding hydrogens is 280 g/mol. The molecule has 0 fully saturated rings. The number of rotatable bonds is 5. The van der Waals surface area contributed by atoms with Gasteiger partial charge in [-0.3, -0.25) is 9.79 Å². The first-order valence-corrected chi connectivity index (χ1v) is 7.00. The van der Waals surface area contributed by atoms with E-state index in [0.29, 0.717) is 5.75 Å². The highest BCUT2D eigenvalue weighted by Crippen LogP contribution is 2.23. The third kappa shape index (κ3) is 3.37. The van der Waals surface area contributed by atoms with Crippen molar-refractivity contribution in [1.82, 2.24) is 5.32 Å². The molecule has 1 unspecified atom stereocenters. The van der Waals surface area contributed by atoms with E-state index in [2.05, 4.69) is 10.3 Å². The van der Waals surface area contributed by atoms with Crippen molar-refractivity contribution in [3.63, 3.8) is 0 Å². The predicted octanol–water partition coefficient (Wildman–Crippen LogP) is 0.110. The molecule has 1 aromatic carbocycles. The quantitative estimate of drug-likeness (QED) is 0.716. The van der Waals surface area contributed by atoms with Crippen LogP contribution in [0.25, 0.3) is 0 Å². The zero-order valence-electron chi connectivity index (χ0n) is 10.5. The number of thioether (sulfide) groups is 1. The average molecular weight is 294 g/mol. The first kappa shape index (κ1) is 14.5. The number of amides is 1. The fourth-order valence-corrected chi connectivity index (χ4v) is 2.75. The fourth-order valence-electron chi connectivity index (χ4n) is 1.70. The maximum absolute atomic E-state index is 11.9. The lowest BCUT2D eigenvalue weighted by Gasteiger charge is -2.13. The number of aliphatic hydroxyl groups is 1. The van der Waals surface area contributed by atoms with E-state index < -0.39 is 30.6 Å². The molecule has 20 heavy (non-hydrogen) atoms. The standard InChI is InChI=1S/C13H14N2O4S/c16-6-9(13(18)19)14-11(17)10-7-20-12(15-10)8-4-2-1-3-5-8/h1-5,9-10,16H,6-7H2,(H,14,17)(H,18,19)/t9-,10?/m1/s1. The average Bonchev–Trinajstić information content (AvgIpc) is 2.95. The second-order valence-corrected chi connectivity index (χ2v) is 5.22. The van der Waals surface area contributed by atoms with Gasteiger partial charge in [-0.1, -0.05) is 30.3 Å². The summed E-state index contributed by atoms with van der Waals surface area (Å²) in [6.45, 7) is -0.643. The molecular formula is C13H14N2O4S. The number of carbonyl (C=O) groups excluding carboxylic acids is 1. The third-order valence-electron chi connectivity index (χ3n) is 2.77. The Morgan fingerprint density at radius 3 is 2.70 bits per heavy atom. The lowest BCUT2D eigenvalue weighted by molar-refractivity contribution is -0.143. The highest BCUT2D eigenvalue weighted by Gasteiger charge is 2.28. The molecule has 0 saturated heterocycles. The lowest BCUT2D eigenvalue weighted by Crippen LogP contribution is -2.47. The topological polar surface area (TPSA) is 99.0 Å². The SMILES string of the molecule is O=C(N[C@H](CO)C(=O)O)C1CSC(c2ccccc2)=N1. The Morgan fingerprint density at radius 2 is 2.10 bits per heavy atom. The summed E-state index contributed by atoms with van der Waals surface area (Å²) in [5.41, 5.74) is 0.935. The van der Waals surface area contributed by atoms with Crippen molar-refractivity contribution in [1.29, 1.82) is 0 Å². The van der Waals surface area contributed by atoms with Gasteiger partial charge in [-0.25, -0.2) is 4.79 Å². The van der Waals surface area contributed by atoms with Crippen LogP contribution in [0.2, 0.25) is 0 Å². The predicted molar refractivity (Wildman–Crippen MR) is 75.9 cm³/mol. The van der Waals surface area contributed by atoms with Gasteiger partial charge in [0, 0.05) is 11.3 Å². The zero-order valence-corrected chi connectivity index (χ0v) is 11.3. The minimum absolute atomic E-state index is 0.466. The van der Waals surface area contributed by atoms with Crippen molar-refractivity contribution in [2.24, 2.45) is 4.99 Å². The Labute approximate surface area is 119 Å². The van der Waals surface area contributed by atoms with Crippen LogP contribution in [0.15, 0.2) is 35.3 Å². The highest BCUT2D eigenvalue weighted by atomic mass is 32.2. The van der Waals surface area contributed by atoms with Crippen molar-refractivity contribution >= 4 is 28.7 Å². The van der Waals surface area contributed by atoms with Crippen LogP contribution < -0.4 is 5.32 Å². The summed E-state index contributed by atoms with van der Waals surface area (Å²) in [4.78, 5) is 26.9. The van der Waals surface area contributed by atoms with Crippen LogP contribution in [0.3, 0.4) is 0 Å². The summed E-state index contributed by atoms with van der Waals surface area (Å²) in [5, 5.41) is 20.7. The van der Waals surface area contributed by atoms with E-state index in [-0.39, 0.29) is 0 Å². The van der Waals surface area contributed by atoms with Gasteiger partial charge in [-0.05, 0) is 0 Å². The molecule has 0 aliphatic carbocycles. The van der Waals surface area contributed by atoms with Gasteiger partial charge in [0.1, 0.15) is 12.1 Å². The van der Waals surface area contributed by atoms with Gasteiger partial charge < -0.3 is 15.5 Å². The summed E-state index contributed by atoms with van der Waals surface area (Å²) in [7, 11) is 0. The number of hydrogen-bond donors (Lipinski definition) is 3. The monoisotopic (exact) mass is 294 g/mol. The van der Waals surface area contributed by atoms with E-state index >= 15 is 0 Å². The second-order valence-electron chi connectivity index (χ2n) is 4.21. The summed E-state index contributed by atoms with van der Waals surface area (Å²) in [6, 6.07) is 7.56. The molecule has 2 rings (SSSR count). The van der Waals surface area contributed by atoms with Crippen molar-refractivity contribution in [3.8, 4) is 0 Å². The van der Waals surface area contributed by atoms with Crippen LogP contribution in [-0.4, -0.2) is 51.6 Å². The van der Waals surface area contributed by atoms with Crippen molar-refractivity contribution in [2.45, 2.75) is 12.1 Å². The van der Waals surface area contributed by atoms with E-state index in [4.69, 9.17) is 10.2 Å². The minimum atomic E-state index is -1.29. The van der Waals surface area contributed by atoms with Crippen LogP contribution in [0.5, 0.6) is 0 Å². The molecule has 0 bridgehead atoms. The number of aliphatic carboxylic acids is 1. The number of nitrogens with one attached hydrogen (secondary N) is 1. The summed E-state index contributed by atoms with van der Waals surface area (Å²) in [5.74, 6) is -1.28. The van der Waals surface area contributed by atoms with Gasteiger partial charge in [0.2, 0.25) is 5.91 Å². The molecule has 0 saturated carbocycles. The van der Waals surface area contributed by atoms with Gasteiger partial charge in [-0.2, -0.15) is 0 Å².